The molecule has 23 heavy (non-hydrogen) atoms. The second-order valence-corrected chi connectivity index (χ2v) is 6.33. The largest absolute Gasteiger partial charge is 0.0836 e. The Labute approximate surface area is 140 Å². The minimum atomic E-state index is 0.823. The van der Waals surface area contributed by atoms with Crippen molar-refractivity contribution in [3.8, 4) is 33.4 Å². The number of hydrogen-bond acceptors (Lipinski definition) is 0. The van der Waals surface area contributed by atoms with Crippen molar-refractivity contribution in [3.05, 3.63) is 83.9 Å². The third-order valence-electron chi connectivity index (χ3n) is 4.68. The maximum Gasteiger partial charge on any atom is 0.0491 e. The van der Waals surface area contributed by atoms with E-state index in [0.29, 0.717) is 0 Å². The fraction of sp³-hybridized carbons (Fsp3) is 0. The molecule has 0 fully saturated rings. The normalized spacial score (nSPS) is 11.7. The predicted molar refractivity (Wildman–Crippen MR) is 98.8 cm³/mol. The van der Waals surface area contributed by atoms with Crippen LogP contribution in [0, 0.1) is 0 Å². The van der Waals surface area contributed by atoms with Gasteiger partial charge in [-0.2, -0.15) is 0 Å². The van der Waals surface area contributed by atoms with E-state index in [9.17, 15) is 0 Å². The zero-order valence-corrected chi connectivity index (χ0v) is 13.1. The third kappa shape index (κ3) is 1.73. The molecule has 0 bridgehead atoms. The molecule has 1 aliphatic carbocycles. The van der Waals surface area contributed by atoms with Crippen LogP contribution in [0.25, 0.3) is 44.2 Å². The molecular formula is C22H13Cl. The van der Waals surface area contributed by atoms with Gasteiger partial charge in [0.25, 0.3) is 0 Å². The Bertz CT molecular complexity index is 1060. The lowest BCUT2D eigenvalue weighted by atomic mass is 9.93. The minimum Gasteiger partial charge on any atom is -0.0836 e. The molecule has 1 heteroatoms. The van der Waals surface area contributed by atoms with Gasteiger partial charge >= 0.3 is 0 Å². The van der Waals surface area contributed by atoms with Crippen molar-refractivity contribution in [2.45, 2.75) is 0 Å². The highest BCUT2D eigenvalue weighted by Crippen LogP contribution is 2.53. The summed E-state index contributed by atoms with van der Waals surface area (Å²) < 4.78 is 0. The van der Waals surface area contributed by atoms with Crippen LogP contribution in [0.4, 0.5) is 0 Å². The Balaban J connectivity index is 1.96. The van der Waals surface area contributed by atoms with Crippen molar-refractivity contribution in [1.29, 1.82) is 0 Å². The van der Waals surface area contributed by atoms with Gasteiger partial charge in [0.05, 0.1) is 0 Å². The van der Waals surface area contributed by atoms with Crippen LogP contribution in [-0.4, -0.2) is 0 Å². The summed E-state index contributed by atoms with van der Waals surface area (Å²) in [7, 11) is 0. The first kappa shape index (κ1) is 12.9. The summed E-state index contributed by atoms with van der Waals surface area (Å²) in [6.07, 6.45) is 0. The van der Waals surface area contributed by atoms with Gasteiger partial charge < -0.3 is 0 Å². The van der Waals surface area contributed by atoms with E-state index in [1.165, 1.54) is 44.2 Å². The van der Waals surface area contributed by atoms with Gasteiger partial charge in [-0.25, -0.2) is 0 Å². The van der Waals surface area contributed by atoms with Crippen LogP contribution >= 0.6 is 11.6 Å². The van der Waals surface area contributed by atoms with Crippen molar-refractivity contribution in [2.75, 3.05) is 0 Å². The Morgan fingerprint density at radius 1 is 0.522 bits per heavy atom. The first-order chi connectivity index (χ1) is 11.3. The lowest BCUT2D eigenvalue weighted by molar-refractivity contribution is 1.62. The molecule has 1 aliphatic rings. The molecule has 0 aromatic heterocycles. The quantitative estimate of drug-likeness (QED) is 0.319. The zero-order valence-electron chi connectivity index (χ0n) is 12.4. The Morgan fingerprint density at radius 2 is 1.22 bits per heavy atom. The lowest BCUT2D eigenvalue weighted by Crippen LogP contribution is -1.85. The maximum absolute atomic E-state index is 6.60. The van der Waals surface area contributed by atoms with Crippen LogP contribution in [0.1, 0.15) is 0 Å². The van der Waals surface area contributed by atoms with Gasteiger partial charge in [-0.15, -0.1) is 0 Å². The molecular weight excluding hydrogens is 300 g/mol. The molecule has 0 heterocycles. The molecule has 0 aliphatic heterocycles. The van der Waals surface area contributed by atoms with E-state index in [0.717, 1.165) is 5.02 Å². The van der Waals surface area contributed by atoms with E-state index in [1.807, 2.05) is 6.07 Å². The summed E-state index contributed by atoms with van der Waals surface area (Å²) in [6, 6.07) is 27.7. The molecule has 4 aromatic rings. The van der Waals surface area contributed by atoms with Gasteiger partial charge in [-0.05, 0) is 44.7 Å². The molecule has 0 nitrogen and oxygen atoms in total. The number of benzene rings is 4. The lowest BCUT2D eigenvalue weighted by Gasteiger charge is -2.12. The first-order valence-corrected chi connectivity index (χ1v) is 8.13. The summed E-state index contributed by atoms with van der Waals surface area (Å²) in [5.74, 6) is 0. The molecule has 5 rings (SSSR count). The van der Waals surface area contributed by atoms with Gasteiger partial charge in [0.15, 0.2) is 0 Å². The number of fused-ring (bicyclic) bond motifs is 3. The van der Waals surface area contributed by atoms with E-state index in [-0.39, 0.29) is 0 Å². The molecule has 0 unspecified atom stereocenters. The van der Waals surface area contributed by atoms with Gasteiger partial charge in [-0.1, -0.05) is 84.4 Å². The first-order valence-electron chi connectivity index (χ1n) is 7.75. The van der Waals surface area contributed by atoms with E-state index < -0.39 is 0 Å². The fourth-order valence-electron chi connectivity index (χ4n) is 3.74. The van der Waals surface area contributed by atoms with Crippen LogP contribution in [0.5, 0.6) is 0 Å². The van der Waals surface area contributed by atoms with Gasteiger partial charge in [0, 0.05) is 10.6 Å². The average Bonchev–Trinajstić information content (AvgIpc) is 2.94. The van der Waals surface area contributed by atoms with Crippen molar-refractivity contribution < 1.29 is 0 Å². The van der Waals surface area contributed by atoms with Crippen LogP contribution in [0.15, 0.2) is 78.9 Å². The van der Waals surface area contributed by atoms with Crippen molar-refractivity contribution in [2.24, 2.45) is 0 Å². The summed E-state index contributed by atoms with van der Waals surface area (Å²) in [5, 5.41) is 3.41. The molecule has 0 saturated heterocycles. The van der Waals surface area contributed by atoms with Crippen LogP contribution in [0.2, 0.25) is 5.02 Å². The van der Waals surface area contributed by atoms with Gasteiger partial charge in [0.2, 0.25) is 0 Å². The van der Waals surface area contributed by atoms with Gasteiger partial charge in [-0.3, -0.25) is 0 Å². The summed E-state index contributed by atoms with van der Waals surface area (Å²) >= 11 is 6.60. The second-order valence-electron chi connectivity index (χ2n) is 5.92. The van der Waals surface area contributed by atoms with Gasteiger partial charge in [0.1, 0.15) is 0 Å². The standard InChI is InChI=1S/C22H13Cl/c23-19-13-12-16(14-6-2-1-3-7-14)21-17-10-4-8-15-9-5-11-18(20(15)17)22(19)21/h1-13H. The Kier molecular flexibility index (Phi) is 2.65. The zero-order chi connectivity index (χ0) is 15.4. The average molecular weight is 313 g/mol. The van der Waals surface area contributed by atoms with Crippen molar-refractivity contribution in [1.82, 2.24) is 0 Å². The third-order valence-corrected chi connectivity index (χ3v) is 5.00. The predicted octanol–water partition coefficient (Wildman–Crippen LogP) is 6.81. The minimum absolute atomic E-state index is 0.823. The molecule has 4 aromatic carbocycles. The highest BCUT2D eigenvalue weighted by Gasteiger charge is 2.26. The van der Waals surface area contributed by atoms with E-state index in [2.05, 4.69) is 72.8 Å². The smallest absolute Gasteiger partial charge is 0.0491 e. The topological polar surface area (TPSA) is 0 Å². The number of rotatable bonds is 1. The molecule has 0 saturated carbocycles. The van der Waals surface area contributed by atoms with Crippen LogP contribution in [0.3, 0.4) is 0 Å². The highest BCUT2D eigenvalue weighted by molar-refractivity contribution is 6.36. The van der Waals surface area contributed by atoms with Crippen molar-refractivity contribution >= 4 is 22.4 Å². The molecule has 0 amide bonds. The molecule has 0 spiro atoms. The molecule has 0 N–H and O–H groups in total. The number of halogens is 1. The Morgan fingerprint density at radius 3 is 1.96 bits per heavy atom. The number of hydrogen-bond donors (Lipinski definition) is 0. The summed E-state index contributed by atoms with van der Waals surface area (Å²) in [6.45, 7) is 0. The molecule has 0 radical (unpaired) electrons. The molecule has 108 valence electrons. The van der Waals surface area contributed by atoms with E-state index in [4.69, 9.17) is 11.6 Å². The monoisotopic (exact) mass is 312 g/mol. The SMILES string of the molecule is Clc1ccc(-c2ccccc2)c2c1-c1cccc3cccc-2c13. The Hall–Kier alpha value is -2.57. The molecule has 0 atom stereocenters. The van der Waals surface area contributed by atoms with Crippen LogP contribution < -0.4 is 0 Å². The summed E-state index contributed by atoms with van der Waals surface area (Å²) in [5.41, 5.74) is 7.43. The van der Waals surface area contributed by atoms with Crippen molar-refractivity contribution in [3.63, 3.8) is 0 Å². The maximum atomic E-state index is 6.60. The van der Waals surface area contributed by atoms with E-state index >= 15 is 0 Å². The fourth-order valence-corrected chi connectivity index (χ4v) is 4.00. The second kappa shape index (κ2) is 4.71. The van der Waals surface area contributed by atoms with E-state index in [1.54, 1.807) is 0 Å². The van der Waals surface area contributed by atoms with Crippen LogP contribution in [-0.2, 0) is 0 Å². The summed E-state index contributed by atoms with van der Waals surface area (Å²) in [4.78, 5) is 0. The highest BCUT2D eigenvalue weighted by atomic mass is 35.5.